The number of benzene rings is 1. The maximum Gasteiger partial charge on any atom is 0.140 e. The molecule has 15 heavy (non-hydrogen) atoms. The Kier molecular flexibility index (Phi) is 4.14. The first-order valence-corrected chi connectivity index (χ1v) is 4.84. The highest BCUT2D eigenvalue weighted by atomic mass is 16.5. The highest BCUT2D eigenvalue weighted by Gasteiger charge is 2.14. The minimum atomic E-state index is -0.264. The van der Waals surface area contributed by atoms with E-state index in [2.05, 4.69) is 13.0 Å². The molecule has 1 radical (unpaired) electrons. The Morgan fingerprint density at radius 1 is 1.60 bits per heavy atom. The first-order chi connectivity index (χ1) is 7.24. The van der Waals surface area contributed by atoms with Gasteiger partial charge >= 0.3 is 0 Å². The number of ether oxygens (including phenoxy) is 1. The van der Waals surface area contributed by atoms with Crippen molar-refractivity contribution in [1.82, 2.24) is 0 Å². The Morgan fingerprint density at radius 3 is 2.87 bits per heavy atom. The lowest BCUT2D eigenvalue weighted by Gasteiger charge is -2.15. The molecule has 1 rings (SSSR count). The van der Waals surface area contributed by atoms with Gasteiger partial charge in [0.15, 0.2) is 0 Å². The van der Waals surface area contributed by atoms with E-state index in [9.17, 15) is 0 Å². The molecular weight excluding hydrogens is 190 g/mol. The fourth-order valence-electron chi connectivity index (χ4n) is 1.37. The zero-order chi connectivity index (χ0) is 11.3. The fraction of sp³-hybridized carbons (Fsp3) is 0.333. The molecule has 0 aromatic heterocycles. The van der Waals surface area contributed by atoms with E-state index in [1.165, 1.54) is 0 Å². The van der Waals surface area contributed by atoms with Gasteiger partial charge in [0.05, 0.1) is 18.8 Å². The van der Waals surface area contributed by atoms with E-state index < -0.39 is 0 Å². The molecule has 1 aromatic carbocycles. The number of nitriles is 1. The first kappa shape index (κ1) is 11.5. The number of para-hydroxylation sites is 1. The lowest BCUT2D eigenvalue weighted by molar-refractivity contribution is 0.276. The SMILES string of the molecule is [CH2]C(CO)c1cccc(C#N)c1OCC. The van der Waals surface area contributed by atoms with Crippen molar-refractivity contribution in [3.05, 3.63) is 36.2 Å². The molecule has 0 heterocycles. The van der Waals surface area contributed by atoms with Crippen LogP contribution in [0.5, 0.6) is 5.75 Å². The molecule has 3 nitrogen and oxygen atoms in total. The van der Waals surface area contributed by atoms with Crippen molar-refractivity contribution in [3.63, 3.8) is 0 Å². The zero-order valence-electron chi connectivity index (χ0n) is 8.73. The molecular formula is C12H14NO2. The van der Waals surface area contributed by atoms with Crippen molar-refractivity contribution in [2.75, 3.05) is 13.2 Å². The van der Waals surface area contributed by atoms with E-state index in [-0.39, 0.29) is 12.5 Å². The summed E-state index contributed by atoms with van der Waals surface area (Å²) < 4.78 is 5.41. The highest BCUT2D eigenvalue weighted by molar-refractivity contribution is 5.50. The summed E-state index contributed by atoms with van der Waals surface area (Å²) in [7, 11) is 0. The van der Waals surface area contributed by atoms with Gasteiger partial charge in [0.25, 0.3) is 0 Å². The topological polar surface area (TPSA) is 53.2 Å². The van der Waals surface area contributed by atoms with Gasteiger partial charge < -0.3 is 9.84 Å². The van der Waals surface area contributed by atoms with Gasteiger partial charge in [-0.2, -0.15) is 5.26 Å². The Balaban J connectivity index is 3.20. The van der Waals surface area contributed by atoms with E-state index in [0.717, 1.165) is 5.56 Å². The summed E-state index contributed by atoms with van der Waals surface area (Å²) in [5, 5.41) is 18.0. The second-order valence-corrected chi connectivity index (χ2v) is 3.15. The molecule has 0 spiro atoms. The van der Waals surface area contributed by atoms with Crippen LogP contribution in [0.3, 0.4) is 0 Å². The number of rotatable bonds is 4. The molecule has 0 saturated heterocycles. The molecule has 0 amide bonds. The van der Waals surface area contributed by atoms with Crippen LogP contribution in [-0.2, 0) is 0 Å². The zero-order valence-corrected chi connectivity index (χ0v) is 8.73. The molecule has 0 aliphatic rings. The van der Waals surface area contributed by atoms with Crippen molar-refractivity contribution in [2.24, 2.45) is 0 Å². The Labute approximate surface area is 89.9 Å². The third kappa shape index (κ3) is 2.48. The van der Waals surface area contributed by atoms with Crippen molar-refractivity contribution in [2.45, 2.75) is 12.8 Å². The summed E-state index contributed by atoms with van der Waals surface area (Å²) in [6, 6.07) is 7.35. The molecule has 1 atom stereocenters. The minimum Gasteiger partial charge on any atom is -0.492 e. The monoisotopic (exact) mass is 204 g/mol. The molecule has 1 aromatic rings. The number of hydrogen-bond donors (Lipinski definition) is 1. The summed E-state index contributed by atoms with van der Waals surface area (Å²) in [6.07, 6.45) is 0. The molecule has 0 bridgehead atoms. The molecule has 0 saturated carbocycles. The van der Waals surface area contributed by atoms with E-state index in [4.69, 9.17) is 15.1 Å². The molecule has 0 aliphatic heterocycles. The van der Waals surface area contributed by atoms with Gasteiger partial charge in [-0.3, -0.25) is 0 Å². The normalized spacial score (nSPS) is 11.9. The Bertz CT molecular complexity index is 368. The summed E-state index contributed by atoms with van der Waals surface area (Å²) >= 11 is 0. The third-order valence-corrected chi connectivity index (χ3v) is 2.11. The molecule has 3 heteroatoms. The Hall–Kier alpha value is -1.53. The predicted molar refractivity (Wildman–Crippen MR) is 57.5 cm³/mol. The van der Waals surface area contributed by atoms with E-state index >= 15 is 0 Å². The maximum absolute atomic E-state index is 9.04. The van der Waals surface area contributed by atoms with Crippen LogP contribution in [0.4, 0.5) is 0 Å². The van der Waals surface area contributed by atoms with Crippen LogP contribution in [-0.4, -0.2) is 18.3 Å². The van der Waals surface area contributed by atoms with E-state index in [1.54, 1.807) is 12.1 Å². The lowest BCUT2D eigenvalue weighted by Crippen LogP contribution is -2.05. The summed E-state index contributed by atoms with van der Waals surface area (Å²) in [5.74, 6) is 0.274. The molecule has 1 unspecified atom stereocenters. The van der Waals surface area contributed by atoms with Gasteiger partial charge in [0.1, 0.15) is 11.8 Å². The quantitative estimate of drug-likeness (QED) is 0.814. The van der Waals surface area contributed by atoms with Crippen molar-refractivity contribution >= 4 is 0 Å². The van der Waals surface area contributed by atoms with E-state index in [1.807, 2.05) is 13.0 Å². The molecule has 79 valence electrons. The van der Waals surface area contributed by atoms with Gasteiger partial charge in [0, 0.05) is 11.5 Å². The first-order valence-electron chi connectivity index (χ1n) is 4.84. The average Bonchev–Trinajstić information content (AvgIpc) is 2.28. The maximum atomic E-state index is 9.04. The van der Waals surface area contributed by atoms with Crippen LogP contribution in [0, 0.1) is 18.3 Å². The van der Waals surface area contributed by atoms with Crippen LogP contribution < -0.4 is 4.74 Å². The second-order valence-electron chi connectivity index (χ2n) is 3.15. The lowest BCUT2D eigenvalue weighted by atomic mass is 9.98. The van der Waals surface area contributed by atoms with Crippen LogP contribution in [0.25, 0.3) is 0 Å². The van der Waals surface area contributed by atoms with Gasteiger partial charge in [-0.15, -0.1) is 0 Å². The number of aliphatic hydroxyl groups is 1. The number of aliphatic hydroxyl groups excluding tert-OH is 1. The van der Waals surface area contributed by atoms with Gasteiger partial charge in [0.2, 0.25) is 0 Å². The van der Waals surface area contributed by atoms with Crippen LogP contribution in [0.15, 0.2) is 18.2 Å². The number of nitrogens with zero attached hydrogens (tertiary/aromatic N) is 1. The summed E-state index contributed by atoms with van der Waals surface area (Å²) in [4.78, 5) is 0. The average molecular weight is 204 g/mol. The molecule has 0 fully saturated rings. The minimum absolute atomic E-state index is 0.0606. The standard InChI is InChI=1S/C12H14NO2/c1-3-15-12-10(7-13)5-4-6-11(12)9(2)8-14/h4-6,9,14H,2-3,8H2,1H3. The van der Waals surface area contributed by atoms with E-state index in [0.29, 0.717) is 17.9 Å². The molecule has 0 aliphatic carbocycles. The van der Waals surface area contributed by atoms with Gasteiger partial charge in [-0.1, -0.05) is 12.1 Å². The third-order valence-electron chi connectivity index (χ3n) is 2.11. The molecule has 1 N–H and O–H groups in total. The summed E-state index contributed by atoms with van der Waals surface area (Å²) in [5.41, 5.74) is 1.26. The fourth-order valence-corrected chi connectivity index (χ4v) is 1.37. The van der Waals surface area contributed by atoms with Crippen LogP contribution >= 0.6 is 0 Å². The largest absolute Gasteiger partial charge is 0.492 e. The smallest absolute Gasteiger partial charge is 0.140 e. The van der Waals surface area contributed by atoms with Crippen molar-refractivity contribution in [1.29, 1.82) is 5.26 Å². The number of hydrogen-bond acceptors (Lipinski definition) is 3. The summed E-state index contributed by atoms with van der Waals surface area (Å²) in [6.45, 7) is 6.09. The second kappa shape index (κ2) is 5.38. The highest BCUT2D eigenvalue weighted by Crippen LogP contribution is 2.29. The van der Waals surface area contributed by atoms with Crippen LogP contribution in [0.1, 0.15) is 24.0 Å². The van der Waals surface area contributed by atoms with Crippen molar-refractivity contribution in [3.8, 4) is 11.8 Å². The van der Waals surface area contributed by atoms with Gasteiger partial charge in [-0.25, -0.2) is 0 Å². The van der Waals surface area contributed by atoms with Crippen molar-refractivity contribution < 1.29 is 9.84 Å². The van der Waals surface area contributed by atoms with Crippen LogP contribution in [0.2, 0.25) is 0 Å². The Morgan fingerprint density at radius 2 is 2.33 bits per heavy atom. The van der Waals surface area contributed by atoms with Gasteiger partial charge in [-0.05, 0) is 19.9 Å². The predicted octanol–water partition coefficient (Wildman–Crippen LogP) is 1.87.